The van der Waals surface area contributed by atoms with Crippen molar-refractivity contribution in [3.63, 3.8) is 0 Å². The minimum absolute atomic E-state index is 1.04. The first-order chi connectivity index (χ1) is 4.88. The smallest absolute Gasteiger partial charge is 0.0446 e. The van der Waals surface area contributed by atoms with Gasteiger partial charge >= 0.3 is 0 Å². The summed E-state index contributed by atoms with van der Waals surface area (Å²) in [7, 11) is 0. The molecule has 0 saturated heterocycles. The molecule has 54 valence electrons. The van der Waals surface area contributed by atoms with Crippen molar-refractivity contribution in [2.45, 2.75) is 26.2 Å². The SMILES string of the molecule is CC=NC1=C(C=N)CCC1. The second kappa shape index (κ2) is 3.30. The lowest BCUT2D eigenvalue weighted by atomic mass is 10.2. The molecule has 0 saturated carbocycles. The molecule has 2 heteroatoms. The topological polar surface area (TPSA) is 36.2 Å². The molecule has 2 nitrogen and oxygen atoms in total. The Kier molecular flexibility index (Phi) is 2.37. The van der Waals surface area contributed by atoms with Crippen LogP contribution in [0.15, 0.2) is 16.3 Å². The summed E-state index contributed by atoms with van der Waals surface area (Å²) in [6, 6.07) is 0. The quantitative estimate of drug-likeness (QED) is 0.565. The maximum absolute atomic E-state index is 7.05. The summed E-state index contributed by atoms with van der Waals surface area (Å²) in [4.78, 5) is 4.18. The summed E-state index contributed by atoms with van der Waals surface area (Å²) in [5.74, 6) is 0. The van der Waals surface area contributed by atoms with Gasteiger partial charge in [-0.2, -0.15) is 0 Å². The van der Waals surface area contributed by atoms with E-state index in [1.807, 2.05) is 6.92 Å². The molecule has 1 rings (SSSR count). The van der Waals surface area contributed by atoms with E-state index in [4.69, 9.17) is 5.41 Å². The number of nitrogens with one attached hydrogen (secondary N) is 1. The van der Waals surface area contributed by atoms with Crippen molar-refractivity contribution in [1.82, 2.24) is 0 Å². The van der Waals surface area contributed by atoms with Crippen LogP contribution in [0.4, 0.5) is 0 Å². The summed E-state index contributed by atoms with van der Waals surface area (Å²) in [6.45, 7) is 1.91. The third-order valence-corrected chi connectivity index (χ3v) is 1.69. The predicted octanol–water partition coefficient (Wildman–Crippen LogP) is 2.16. The fourth-order valence-corrected chi connectivity index (χ4v) is 1.21. The van der Waals surface area contributed by atoms with E-state index in [1.165, 1.54) is 6.21 Å². The van der Waals surface area contributed by atoms with Gasteiger partial charge in [-0.1, -0.05) is 0 Å². The van der Waals surface area contributed by atoms with Crippen LogP contribution in [0, 0.1) is 5.41 Å². The van der Waals surface area contributed by atoms with E-state index in [1.54, 1.807) is 6.21 Å². The average molecular weight is 136 g/mol. The van der Waals surface area contributed by atoms with Crippen LogP contribution in [0.5, 0.6) is 0 Å². The Morgan fingerprint density at radius 1 is 1.50 bits per heavy atom. The highest BCUT2D eigenvalue weighted by molar-refractivity contribution is 5.78. The molecular formula is C8H12N2. The zero-order valence-corrected chi connectivity index (χ0v) is 6.22. The van der Waals surface area contributed by atoms with Crippen molar-refractivity contribution in [1.29, 1.82) is 5.41 Å². The molecule has 1 aliphatic carbocycles. The molecule has 0 atom stereocenters. The normalized spacial score (nSPS) is 18.9. The van der Waals surface area contributed by atoms with E-state index < -0.39 is 0 Å². The van der Waals surface area contributed by atoms with Gasteiger partial charge in [-0.3, -0.25) is 4.99 Å². The summed E-state index contributed by atoms with van der Waals surface area (Å²) < 4.78 is 0. The van der Waals surface area contributed by atoms with Crippen LogP contribution in [-0.2, 0) is 0 Å². The van der Waals surface area contributed by atoms with Gasteiger partial charge in [0.2, 0.25) is 0 Å². The van der Waals surface area contributed by atoms with E-state index in [0.717, 1.165) is 30.5 Å². The Hall–Kier alpha value is -0.920. The van der Waals surface area contributed by atoms with Gasteiger partial charge in [0, 0.05) is 18.1 Å². The fourth-order valence-electron chi connectivity index (χ4n) is 1.21. The van der Waals surface area contributed by atoms with Crippen LogP contribution < -0.4 is 0 Å². The number of nitrogens with zero attached hydrogens (tertiary/aromatic N) is 1. The molecule has 0 amide bonds. The van der Waals surface area contributed by atoms with Crippen LogP contribution in [0.1, 0.15) is 26.2 Å². The zero-order chi connectivity index (χ0) is 7.40. The molecule has 0 spiro atoms. The van der Waals surface area contributed by atoms with Crippen molar-refractivity contribution in [3.05, 3.63) is 11.3 Å². The Morgan fingerprint density at radius 3 is 2.90 bits per heavy atom. The van der Waals surface area contributed by atoms with Crippen molar-refractivity contribution in [3.8, 4) is 0 Å². The molecule has 0 fully saturated rings. The van der Waals surface area contributed by atoms with Crippen LogP contribution in [0.3, 0.4) is 0 Å². The van der Waals surface area contributed by atoms with E-state index in [2.05, 4.69) is 4.99 Å². The Bertz CT molecular complexity index is 189. The van der Waals surface area contributed by atoms with Crippen LogP contribution in [-0.4, -0.2) is 12.4 Å². The highest BCUT2D eigenvalue weighted by atomic mass is 14.7. The van der Waals surface area contributed by atoms with Gasteiger partial charge in [0.25, 0.3) is 0 Å². The van der Waals surface area contributed by atoms with Crippen LogP contribution in [0.2, 0.25) is 0 Å². The van der Waals surface area contributed by atoms with Crippen molar-refractivity contribution >= 4 is 12.4 Å². The first-order valence-corrected chi connectivity index (χ1v) is 3.59. The third kappa shape index (κ3) is 1.32. The Balaban J connectivity index is 2.77. The summed E-state index contributed by atoms with van der Waals surface area (Å²) in [5.41, 5.74) is 2.22. The molecule has 0 aromatic rings. The van der Waals surface area contributed by atoms with Crippen LogP contribution in [0.25, 0.3) is 0 Å². The zero-order valence-electron chi connectivity index (χ0n) is 6.22. The first-order valence-electron chi connectivity index (χ1n) is 3.59. The number of rotatable bonds is 2. The minimum atomic E-state index is 1.04. The Labute approximate surface area is 61.2 Å². The van der Waals surface area contributed by atoms with Gasteiger partial charge in [0.15, 0.2) is 0 Å². The van der Waals surface area contributed by atoms with Crippen LogP contribution >= 0.6 is 0 Å². The maximum atomic E-state index is 7.05. The molecule has 1 aliphatic rings. The number of allylic oxidation sites excluding steroid dienone is 2. The summed E-state index contributed by atoms with van der Waals surface area (Å²) in [6.07, 6.45) is 6.47. The lowest BCUT2D eigenvalue weighted by Crippen LogP contribution is -1.80. The number of aliphatic imine (C=N–C) groups is 1. The minimum Gasteiger partial charge on any atom is -0.308 e. The third-order valence-electron chi connectivity index (χ3n) is 1.69. The highest BCUT2D eigenvalue weighted by Gasteiger charge is 2.10. The molecule has 0 aromatic carbocycles. The lowest BCUT2D eigenvalue weighted by Gasteiger charge is -1.91. The number of hydrogen-bond donors (Lipinski definition) is 1. The molecular weight excluding hydrogens is 124 g/mol. The first kappa shape index (κ1) is 7.19. The Morgan fingerprint density at radius 2 is 2.30 bits per heavy atom. The second-order valence-electron chi connectivity index (χ2n) is 2.36. The molecule has 0 unspecified atom stereocenters. The highest BCUT2D eigenvalue weighted by Crippen LogP contribution is 2.24. The summed E-state index contributed by atoms with van der Waals surface area (Å²) >= 11 is 0. The van der Waals surface area contributed by atoms with Crippen molar-refractivity contribution in [2.24, 2.45) is 4.99 Å². The summed E-state index contributed by atoms with van der Waals surface area (Å²) in [5, 5.41) is 7.05. The fraction of sp³-hybridized carbons (Fsp3) is 0.500. The van der Waals surface area contributed by atoms with Gasteiger partial charge in [-0.15, -0.1) is 0 Å². The lowest BCUT2D eigenvalue weighted by molar-refractivity contribution is 0.897. The largest absolute Gasteiger partial charge is 0.308 e. The molecule has 0 aromatic heterocycles. The molecule has 0 bridgehead atoms. The van der Waals surface area contributed by atoms with Crippen molar-refractivity contribution < 1.29 is 0 Å². The number of hydrogen-bond acceptors (Lipinski definition) is 2. The molecule has 0 radical (unpaired) electrons. The standard InChI is InChI=1S/C8H12N2/c1-2-10-8-5-3-4-7(8)6-9/h2,6,9H,3-5H2,1H3. The van der Waals surface area contributed by atoms with E-state index in [-0.39, 0.29) is 0 Å². The van der Waals surface area contributed by atoms with E-state index >= 15 is 0 Å². The monoisotopic (exact) mass is 136 g/mol. The second-order valence-corrected chi connectivity index (χ2v) is 2.36. The van der Waals surface area contributed by atoms with E-state index in [9.17, 15) is 0 Å². The molecule has 10 heavy (non-hydrogen) atoms. The van der Waals surface area contributed by atoms with Gasteiger partial charge in [0.1, 0.15) is 0 Å². The van der Waals surface area contributed by atoms with E-state index in [0.29, 0.717) is 0 Å². The average Bonchev–Trinajstić information content (AvgIpc) is 2.36. The van der Waals surface area contributed by atoms with Gasteiger partial charge in [-0.05, 0) is 31.8 Å². The molecule has 1 N–H and O–H groups in total. The van der Waals surface area contributed by atoms with Crippen molar-refractivity contribution in [2.75, 3.05) is 0 Å². The molecule has 0 heterocycles. The van der Waals surface area contributed by atoms with Gasteiger partial charge in [-0.25, -0.2) is 0 Å². The molecule has 0 aliphatic heterocycles. The van der Waals surface area contributed by atoms with Gasteiger partial charge in [0.05, 0.1) is 0 Å². The predicted molar refractivity (Wildman–Crippen MR) is 43.8 cm³/mol. The van der Waals surface area contributed by atoms with Gasteiger partial charge < -0.3 is 5.41 Å². The maximum Gasteiger partial charge on any atom is 0.0446 e.